The Morgan fingerprint density at radius 3 is 2.58 bits per heavy atom. The topological polar surface area (TPSA) is 61.4 Å². The summed E-state index contributed by atoms with van der Waals surface area (Å²) in [6.07, 6.45) is 1.65. The number of piperazine rings is 1. The van der Waals surface area contributed by atoms with E-state index in [1.54, 1.807) is 12.1 Å². The average molecular weight is 351 g/mol. The molecule has 26 heavy (non-hydrogen) atoms. The summed E-state index contributed by atoms with van der Waals surface area (Å²) in [6, 6.07) is 11.5. The zero-order valence-electron chi connectivity index (χ0n) is 15.2. The molecule has 1 aromatic carbocycles. The molecule has 0 unspecified atom stereocenters. The van der Waals surface area contributed by atoms with Crippen LogP contribution in [0.4, 0.5) is 5.82 Å². The molecule has 1 N–H and O–H groups in total. The van der Waals surface area contributed by atoms with Gasteiger partial charge in [-0.05, 0) is 6.54 Å². The highest BCUT2D eigenvalue weighted by atomic mass is 16.1. The predicted molar refractivity (Wildman–Crippen MR) is 104 cm³/mol. The predicted octanol–water partition coefficient (Wildman–Crippen LogP) is 2.20. The van der Waals surface area contributed by atoms with Gasteiger partial charge in [0.2, 0.25) is 0 Å². The summed E-state index contributed by atoms with van der Waals surface area (Å²) in [7, 11) is 0. The largest absolute Gasteiger partial charge is 0.354 e. The van der Waals surface area contributed by atoms with Crippen molar-refractivity contribution in [3.05, 3.63) is 54.7 Å². The number of benzene rings is 1. The van der Waals surface area contributed by atoms with Crippen LogP contribution in [0.15, 0.2) is 49.1 Å². The van der Waals surface area contributed by atoms with E-state index in [0.29, 0.717) is 18.1 Å². The number of carbonyl (C=O) groups is 1. The lowest BCUT2D eigenvalue weighted by molar-refractivity contribution is 0.0953. The number of anilines is 1. The summed E-state index contributed by atoms with van der Waals surface area (Å²) in [6.45, 7) is 11.1. The van der Waals surface area contributed by atoms with E-state index in [-0.39, 0.29) is 5.91 Å². The van der Waals surface area contributed by atoms with Crippen molar-refractivity contribution in [2.45, 2.75) is 6.92 Å². The molecule has 1 amide bonds. The smallest absolute Gasteiger partial charge is 0.270 e. The average Bonchev–Trinajstić information content (AvgIpc) is 2.72. The van der Waals surface area contributed by atoms with Gasteiger partial charge in [-0.1, -0.05) is 43.3 Å². The quantitative estimate of drug-likeness (QED) is 0.809. The van der Waals surface area contributed by atoms with Crippen LogP contribution in [0.2, 0.25) is 0 Å². The van der Waals surface area contributed by atoms with Crippen LogP contribution in [0, 0.1) is 0 Å². The third-order valence-electron chi connectivity index (χ3n) is 4.53. The highest BCUT2D eigenvalue weighted by Gasteiger charge is 2.20. The molecule has 6 nitrogen and oxygen atoms in total. The van der Waals surface area contributed by atoms with E-state index >= 15 is 0 Å². The fraction of sp³-hybridized carbons (Fsp3) is 0.350. The van der Waals surface area contributed by atoms with Crippen molar-refractivity contribution >= 4 is 11.7 Å². The van der Waals surface area contributed by atoms with Crippen LogP contribution in [0.1, 0.15) is 17.4 Å². The lowest BCUT2D eigenvalue weighted by atomic mass is 10.2. The molecular formula is C20H25N5O. The molecule has 1 aliphatic heterocycles. The molecule has 0 radical (unpaired) electrons. The summed E-state index contributed by atoms with van der Waals surface area (Å²) in [4.78, 5) is 26.3. The Morgan fingerprint density at radius 1 is 1.19 bits per heavy atom. The van der Waals surface area contributed by atoms with E-state index < -0.39 is 0 Å². The van der Waals surface area contributed by atoms with Gasteiger partial charge >= 0.3 is 0 Å². The van der Waals surface area contributed by atoms with E-state index in [9.17, 15) is 4.79 Å². The van der Waals surface area contributed by atoms with Crippen LogP contribution in [0.25, 0.3) is 11.4 Å². The number of aromatic nitrogens is 2. The van der Waals surface area contributed by atoms with Gasteiger partial charge in [-0.15, -0.1) is 6.58 Å². The van der Waals surface area contributed by atoms with Gasteiger partial charge < -0.3 is 15.1 Å². The molecule has 1 saturated heterocycles. The number of nitrogens with zero attached hydrogens (tertiary/aromatic N) is 4. The summed E-state index contributed by atoms with van der Waals surface area (Å²) >= 11 is 0. The molecule has 136 valence electrons. The monoisotopic (exact) mass is 351 g/mol. The minimum atomic E-state index is -0.210. The number of carbonyl (C=O) groups excluding carboxylic acids is 1. The zero-order valence-corrected chi connectivity index (χ0v) is 15.2. The molecule has 1 fully saturated rings. The Balaban J connectivity index is 1.92. The molecule has 0 bridgehead atoms. The number of nitrogens with one attached hydrogen (secondary N) is 1. The van der Waals surface area contributed by atoms with Gasteiger partial charge in [0.25, 0.3) is 5.91 Å². The summed E-state index contributed by atoms with van der Waals surface area (Å²) in [5, 5.41) is 2.80. The van der Waals surface area contributed by atoms with Gasteiger partial charge in [0.15, 0.2) is 5.82 Å². The Morgan fingerprint density at radius 2 is 1.92 bits per heavy atom. The van der Waals surface area contributed by atoms with E-state index in [4.69, 9.17) is 4.98 Å². The summed E-state index contributed by atoms with van der Waals surface area (Å²) in [5.74, 6) is 1.17. The van der Waals surface area contributed by atoms with Gasteiger partial charge in [0.1, 0.15) is 11.5 Å². The normalized spacial score (nSPS) is 14.9. The second kappa shape index (κ2) is 8.58. The molecule has 6 heteroatoms. The van der Waals surface area contributed by atoms with Crippen LogP contribution in [-0.4, -0.2) is 60.0 Å². The minimum absolute atomic E-state index is 0.210. The number of rotatable bonds is 6. The molecule has 0 atom stereocenters. The minimum Gasteiger partial charge on any atom is -0.354 e. The number of likely N-dealkylation sites (N-methyl/N-ethyl adjacent to an activating group) is 1. The molecule has 2 aromatic rings. The SMILES string of the molecule is C=CCNC(=O)c1cc(N2CCN(CC)CC2)nc(-c2ccccc2)n1. The third kappa shape index (κ3) is 4.26. The van der Waals surface area contributed by atoms with Crippen molar-refractivity contribution < 1.29 is 4.79 Å². The molecule has 0 aliphatic carbocycles. The standard InChI is InChI=1S/C20H25N5O/c1-3-10-21-20(26)17-15-18(25-13-11-24(4-2)12-14-25)23-19(22-17)16-8-6-5-7-9-16/h3,5-9,15H,1,4,10-14H2,2H3,(H,21,26). The van der Waals surface area contributed by atoms with Gasteiger partial charge in [0, 0.05) is 44.4 Å². The first-order valence-corrected chi connectivity index (χ1v) is 9.02. The first kappa shape index (κ1) is 18.1. The van der Waals surface area contributed by atoms with E-state index in [1.165, 1.54) is 0 Å². The fourth-order valence-corrected chi connectivity index (χ4v) is 2.98. The van der Waals surface area contributed by atoms with E-state index in [1.807, 2.05) is 30.3 Å². The van der Waals surface area contributed by atoms with Crippen LogP contribution >= 0.6 is 0 Å². The van der Waals surface area contributed by atoms with Crippen molar-refractivity contribution in [2.75, 3.05) is 44.2 Å². The highest BCUT2D eigenvalue weighted by molar-refractivity contribution is 5.93. The van der Waals surface area contributed by atoms with Gasteiger partial charge in [0.05, 0.1) is 0 Å². The lowest BCUT2D eigenvalue weighted by Crippen LogP contribution is -2.46. The van der Waals surface area contributed by atoms with Gasteiger partial charge in [-0.2, -0.15) is 0 Å². The molecule has 1 aromatic heterocycles. The van der Waals surface area contributed by atoms with Crippen molar-refractivity contribution in [2.24, 2.45) is 0 Å². The third-order valence-corrected chi connectivity index (χ3v) is 4.53. The summed E-state index contributed by atoms with van der Waals surface area (Å²) in [5.41, 5.74) is 1.29. The Labute approximate surface area is 154 Å². The maximum absolute atomic E-state index is 12.4. The van der Waals surface area contributed by atoms with E-state index in [0.717, 1.165) is 44.1 Å². The van der Waals surface area contributed by atoms with Crippen LogP contribution < -0.4 is 10.2 Å². The second-order valence-corrected chi connectivity index (χ2v) is 6.22. The Hall–Kier alpha value is -2.73. The molecule has 2 heterocycles. The Bertz CT molecular complexity index is 754. The van der Waals surface area contributed by atoms with Crippen molar-refractivity contribution in [1.82, 2.24) is 20.2 Å². The van der Waals surface area contributed by atoms with Crippen LogP contribution in [-0.2, 0) is 0 Å². The molecule has 3 rings (SSSR count). The second-order valence-electron chi connectivity index (χ2n) is 6.22. The van der Waals surface area contributed by atoms with Crippen molar-refractivity contribution in [3.8, 4) is 11.4 Å². The number of amides is 1. The molecule has 0 saturated carbocycles. The molecule has 0 spiro atoms. The number of hydrogen-bond acceptors (Lipinski definition) is 5. The summed E-state index contributed by atoms with van der Waals surface area (Å²) < 4.78 is 0. The lowest BCUT2D eigenvalue weighted by Gasteiger charge is -2.34. The number of hydrogen-bond donors (Lipinski definition) is 1. The maximum Gasteiger partial charge on any atom is 0.270 e. The first-order chi connectivity index (χ1) is 12.7. The Kier molecular flexibility index (Phi) is 5.96. The zero-order chi connectivity index (χ0) is 18.4. The maximum atomic E-state index is 12.4. The first-order valence-electron chi connectivity index (χ1n) is 9.02. The fourth-order valence-electron chi connectivity index (χ4n) is 2.98. The van der Waals surface area contributed by atoms with Crippen LogP contribution in [0.3, 0.4) is 0 Å². The van der Waals surface area contributed by atoms with Crippen molar-refractivity contribution in [1.29, 1.82) is 0 Å². The van der Waals surface area contributed by atoms with E-state index in [2.05, 4.69) is 33.6 Å². The van der Waals surface area contributed by atoms with Crippen LogP contribution in [0.5, 0.6) is 0 Å². The highest BCUT2D eigenvalue weighted by Crippen LogP contribution is 2.21. The molecular weight excluding hydrogens is 326 g/mol. The molecule has 1 aliphatic rings. The van der Waals surface area contributed by atoms with Gasteiger partial charge in [-0.25, -0.2) is 9.97 Å². The van der Waals surface area contributed by atoms with Crippen molar-refractivity contribution in [3.63, 3.8) is 0 Å². The van der Waals surface area contributed by atoms with Gasteiger partial charge in [-0.3, -0.25) is 4.79 Å².